The number of rotatable bonds is 6. The number of thiazole rings is 1. The van der Waals surface area contributed by atoms with Crippen LogP contribution in [0.25, 0.3) is 10.2 Å². The van der Waals surface area contributed by atoms with Crippen LogP contribution in [0.15, 0.2) is 40.8 Å². The number of ether oxygens (including phenoxy) is 2. The zero-order valence-corrected chi connectivity index (χ0v) is 19.5. The number of para-hydroxylation sites is 1. The third-order valence-corrected chi connectivity index (χ3v) is 12.1. The maximum atomic E-state index is 6.31. The highest BCUT2D eigenvalue weighted by Gasteiger charge is 2.38. The molecule has 0 amide bonds. The van der Waals surface area contributed by atoms with Gasteiger partial charge in [-0.15, -0.1) is 11.3 Å². The van der Waals surface area contributed by atoms with Gasteiger partial charge < -0.3 is 13.9 Å². The van der Waals surface area contributed by atoms with Crippen LogP contribution in [0.3, 0.4) is 0 Å². The summed E-state index contributed by atoms with van der Waals surface area (Å²) in [6, 6.07) is 8.21. The number of fused-ring (bicyclic) bond motifs is 1. The number of hydrogen-bond acceptors (Lipinski definition) is 6. The van der Waals surface area contributed by atoms with Gasteiger partial charge in [0.2, 0.25) is 0 Å². The first-order valence-electron chi connectivity index (χ1n) is 9.22. The molecule has 148 valence electrons. The van der Waals surface area contributed by atoms with Crippen molar-refractivity contribution in [3.63, 3.8) is 0 Å². The fourth-order valence-corrected chi connectivity index (χ4v) is 5.87. The van der Waals surface area contributed by atoms with Crippen LogP contribution in [-0.2, 0) is 13.9 Å². The monoisotopic (exact) mass is 423 g/mol. The maximum Gasteiger partial charge on any atom is 0.192 e. The number of benzene rings is 1. The first-order chi connectivity index (χ1) is 12.7. The molecule has 27 heavy (non-hydrogen) atoms. The molecule has 0 radical (unpaired) electrons. The van der Waals surface area contributed by atoms with E-state index in [0.29, 0.717) is 6.61 Å². The molecule has 0 bridgehead atoms. The first-order valence-corrected chi connectivity index (χ1v) is 13.8. The van der Waals surface area contributed by atoms with Crippen molar-refractivity contribution in [2.45, 2.75) is 60.9 Å². The Morgan fingerprint density at radius 3 is 2.63 bits per heavy atom. The number of methoxy groups -OCH3 is 1. The quantitative estimate of drug-likeness (QED) is 0.440. The lowest BCUT2D eigenvalue weighted by Crippen LogP contribution is -2.44. The van der Waals surface area contributed by atoms with Gasteiger partial charge in [-0.1, -0.05) is 56.8 Å². The van der Waals surface area contributed by atoms with Crippen molar-refractivity contribution in [2.24, 2.45) is 0 Å². The summed E-state index contributed by atoms with van der Waals surface area (Å²) in [6.45, 7) is 11.8. The van der Waals surface area contributed by atoms with Crippen LogP contribution in [0.2, 0.25) is 18.1 Å². The Hall–Kier alpha value is -0.703. The van der Waals surface area contributed by atoms with Gasteiger partial charge in [0.25, 0.3) is 0 Å². The van der Waals surface area contributed by atoms with E-state index in [2.05, 4.69) is 52.1 Å². The lowest BCUT2D eigenvalue weighted by atomic mass is 10.2. The van der Waals surface area contributed by atoms with Crippen LogP contribution in [-0.4, -0.2) is 44.7 Å². The number of aromatic nitrogens is 1. The second-order valence-electron chi connectivity index (χ2n) is 8.26. The molecule has 3 rings (SSSR count). The van der Waals surface area contributed by atoms with E-state index in [1.807, 2.05) is 18.2 Å². The van der Waals surface area contributed by atoms with Crippen molar-refractivity contribution < 1.29 is 13.9 Å². The molecular weight excluding hydrogens is 394 g/mol. The highest BCUT2D eigenvalue weighted by Crippen LogP contribution is 2.38. The average Bonchev–Trinajstić information content (AvgIpc) is 3.02. The molecule has 0 unspecified atom stereocenters. The van der Waals surface area contributed by atoms with Crippen LogP contribution < -0.4 is 0 Å². The summed E-state index contributed by atoms with van der Waals surface area (Å²) < 4.78 is 20.3. The van der Waals surface area contributed by atoms with E-state index in [1.54, 1.807) is 30.2 Å². The van der Waals surface area contributed by atoms with Crippen LogP contribution in [0.5, 0.6) is 0 Å². The first kappa shape index (κ1) is 21.0. The van der Waals surface area contributed by atoms with Gasteiger partial charge in [0.15, 0.2) is 18.9 Å². The molecule has 1 aliphatic rings. The molecule has 3 atom stereocenters. The molecule has 2 aromatic rings. The average molecular weight is 424 g/mol. The van der Waals surface area contributed by atoms with Gasteiger partial charge in [0.05, 0.1) is 22.1 Å². The predicted octanol–water partition coefficient (Wildman–Crippen LogP) is 5.71. The van der Waals surface area contributed by atoms with E-state index in [1.165, 1.54) is 4.70 Å². The molecule has 0 N–H and O–H groups in total. The summed E-state index contributed by atoms with van der Waals surface area (Å²) in [4.78, 5) is 4.71. The Bertz CT molecular complexity index is 767. The normalized spacial score (nSPS) is 23.9. The molecule has 7 heteroatoms. The van der Waals surface area contributed by atoms with Gasteiger partial charge in [-0.25, -0.2) is 4.98 Å². The van der Waals surface area contributed by atoms with Gasteiger partial charge in [-0.3, -0.25) is 0 Å². The molecule has 4 nitrogen and oxygen atoms in total. The van der Waals surface area contributed by atoms with E-state index in [4.69, 9.17) is 18.9 Å². The smallest absolute Gasteiger partial charge is 0.192 e. The highest BCUT2D eigenvalue weighted by molar-refractivity contribution is 8.01. The molecule has 0 saturated heterocycles. The zero-order valence-electron chi connectivity index (χ0n) is 16.9. The summed E-state index contributed by atoms with van der Waals surface area (Å²) in [7, 11) is -0.0904. The fourth-order valence-electron chi connectivity index (χ4n) is 2.52. The van der Waals surface area contributed by atoms with Crippen molar-refractivity contribution in [3.8, 4) is 0 Å². The largest absolute Gasteiger partial charge is 0.414 e. The van der Waals surface area contributed by atoms with Crippen molar-refractivity contribution in [2.75, 3.05) is 13.7 Å². The molecule has 0 aliphatic carbocycles. The maximum absolute atomic E-state index is 6.31. The summed E-state index contributed by atoms with van der Waals surface area (Å²) in [6.07, 6.45) is 3.90. The summed E-state index contributed by atoms with van der Waals surface area (Å²) in [5, 5.41) is 0.275. The number of nitrogens with zero attached hydrogens (tertiary/aromatic N) is 1. The number of thioether (sulfide) groups is 1. The summed E-state index contributed by atoms with van der Waals surface area (Å²) in [5.41, 5.74) is 1.04. The highest BCUT2D eigenvalue weighted by atomic mass is 32.2. The van der Waals surface area contributed by atoms with Crippen molar-refractivity contribution in [1.82, 2.24) is 4.98 Å². The Morgan fingerprint density at radius 1 is 1.22 bits per heavy atom. The Kier molecular flexibility index (Phi) is 6.50. The topological polar surface area (TPSA) is 40.6 Å². The van der Waals surface area contributed by atoms with E-state index >= 15 is 0 Å². The lowest BCUT2D eigenvalue weighted by Gasteiger charge is -2.38. The molecule has 1 aromatic carbocycles. The van der Waals surface area contributed by atoms with Crippen molar-refractivity contribution >= 4 is 41.6 Å². The molecule has 0 fully saturated rings. The van der Waals surface area contributed by atoms with Crippen molar-refractivity contribution in [1.29, 1.82) is 0 Å². The van der Waals surface area contributed by atoms with Gasteiger partial charge in [-0.2, -0.15) is 0 Å². The van der Waals surface area contributed by atoms with Gasteiger partial charge >= 0.3 is 0 Å². The second-order valence-corrected chi connectivity index (χ2v) is 15.5. The van der Waals surface area contributed by atoms with E-state index in [-0.39, 0.29) is 22.7 Å². The molecule has 0 spiro atoms. The minimum absolute atomic E-state index is 0.0729. The molecular formula is C20H29NO3S2Si. The predicted molar refractivity (Wildman–Crippen MR) is 117 cm³/mol. The third-order valence-electron chi connectivity index (χ3n) is 5.25. The Balaban J connectivity index is 1.64. The summed E-state index contributed by atoms with van der Waals surface area (Å²) >= 11 is 3.40. The van der Waals surface area contributed by atoms with Crippen LogP contribution in [0.4, 0.5) is 0 Å². The minimum atomic E-state index is -1.79. The number of hydrogen-bond donors (Lipinski definition) is 0. The van der Waals surface area contributed by atoms with Gasteiger partial charge in [-0.05, 0) is 30.3 Å². The summed E-state index contributed by atoms with van der Waals surface area (Å²) in [5.74, 6) is 0. The molecule has 0 saturated carbocycles. The Morgan fingerprint density at radius 2 is 1.96 bits per heavy atom. The zero-order chi connectivity index (χ0) is 19.7. The van der Waals surface area contributed by atoms with Crippen LogP contribution >= 0.6 is 23.1 Å². The van der Waals surface area contributed by atoms with Crippen molar-refractivity contribution in [3.05, 3.63) is 36.4 Å². The van der Waals surface area contributed by atoms with Crippen LogP contribution in [0, 0.1) is 0 Å². The molecule has 1 aromatic heterocycles. The van der Waals surface area contributed by atoms with Crippen LogP contribution in [0.1, 0.15) is 20.8 Å². The Labute approximate surface area is 171 Å². The standard InChI is InChI=1S/C20H29NO3S2Si/c1-20(2,3)27(5,6)23-13-14-11-12-17(18(22-4)24-14)26-19-21-15-9-7-8-10-16(15)25-19/h7-12,14,17-18H,13H2,1-6H3/t14-,17-,18-/m0/s1. The fraction of sp³-hybridized carbons (Fsp3) is 0.550. The van der Waals surface area contributed by atoms with Gasteiger partial charge in [0.1, 0.15) is 6.10 Å². The van der Waals surface area contributed by atoms with Gasteiger partial charge in [0, 0.05) is 7.11 Å². The molecule has 2 heterocycles. The van der Waals surface area contributed by atoms with E-state index in [0.717, 1.165) is 9.86 Å². The van der Waals surface area contributed by atoms with E-state index < -0.39 is 8.32 Å². The second kappa shape index (κ2) is 8.35. The van der Waals surface area contributed by atoms with E-state index in [9.17, 15) is 0 Å². The molecule has 1 aliphatic heterocycles. The lowest BCUT2D eigenvalue weighted by molar-refractivity contribution is -0.150. The SMILES string of the molecule is CO[C@H]1O[C@H](CO[Si](C)(C)C(C)(C)C)C=C[C@@H]1Sc1nc2ccccc2s1. The minimum Gasteiger partial charge on any atom is -0.414 e. The third kappa shape index (κ3) is 5.02.